The molecule has 0 aliphatic carbocycles. The SMILES string of the molecule is Cc1cc(Nc2ncc(F)c(NC3CC4CCC(C3)N4C)n2)ccc1N1CCN(S(C)(=O)=O)CC1. The number of halogens is 1. The summed E-state index contributed by atoms with van der Waals surface area (Å²) in [7, 11) is -0.966. The quantitative estimate of drug-likeness (QED) is 0.622. The van der Waals surface area contributed by atoms with Crippen LogP contribution in [0.4, 0.5) is 27.5 Å². The molecule has 0 saturated carbocycles. The van der Waals surface area contributed by atoms with Crippen molar-refractivity contribution in [1.82, 2.24) is 19.2 Å². The van der Waals surface area contributed by atoms with Crippen LogP contribution < -0.4 is 15.5 Å². The van der Waals surface area contributed by atoms with Crippen molar-refractivity contribution in [3.63, 3.8) is 0 Å². The van der Waals surface area contributed by atoms with Crippen LogP contribution in [0.3, 0.4) is 0 Å². The lowest BCUT2D eigenvalue weighted by molar-refractivity contribution is 0.168. The molecule has 3 fully saturated rings. The number of sulfonamides is 1. The molecule has 11 heteroatoms. The zero-order chi connectivity index (χ0) is 24.7. The van der Waals surface area contributed by atoms with Crippen LogP contribution in [0.25, 0.3) is 0 Å². The number of aromatic nitrogens is 2. The zero-order valence-corrected chi connectivity index (χ0v) is 21.4. The second kappa shape index (κ2) is 9.51. The molecule has 0 spiro atoms. The van der Waals surface area contributed by atoms with Gasteiger partial charge in [-0.2, -0.15) is 9.29 Å². The molecule has 3 aliphatic rings. The topological polar surface area (TPSA) is 93.7 Å². The van der Waals surface area contributed by atoms with E-state index in [1.807, 2.05) is 25.1 Å². The fourth-order valence-electron chi connectivity index (χ4n) is 5.73. The molecule has 5 rings (SSSR count). The average Bonchev–Trinajstić information content (AvgIpc) is 3.01. The van der Waals surface area contributed by atoms with Crippen molar-refractivity contribution in [3.05, 3.63) is 35.8 Å². The third-order valence-electron chi connectivity index (χ3n) is 7.68. The Balaban J connectivity index is 1.24. The van der Waals surface area contributed by atoms with E-state index in [0.717, 1.165) is 29.8 Å². The molecule has 2 N–H and O–H groups in total. The summed E-state index contributed by atoms with van der Waals surface area (Å²) in [5, 5.41) is 6.53. The number of nitrogens with zero attached hydrogens (tertiary/aromatic N) is 5. The normalized spacial score (nSPS) is 25.6. The second-order valence-corrected chi connectivity index (χ2v) is 12.0. The van der Waals surface area contributed by atoms with Gasteiger partial charge in [0.15, 0.2) is 11.6 Å². The largest absolute Gasteiger partial charge is 0.369 e. The summed E-state index contributed by atoms with van der Waals surface area (Å²) in [5.41, 5.74) is 2.95. The summed E-state index contributed by atoms with van der Waals surface area (Å²) >= 11 is 0. The third kappa shape index (κ3) is 5.22. The summed E-state index contributed by atoms with van der Waals surface area (Å²) in [4.78, 5) is 13.2. The molecular weight excluding hydrogens is 469 g/mol. The number of benzene rings is 1. The maximum Gasteiger partial charge on any atom is 0.229 e. The molecule has 0 radical (unpaired) electrons. The van der Waals surface area contributed by atoms with Crippen LogP contribution in [0.5, 0.6) is 0 Å². The standard InChI is InChI=1S/C24H34FN7O2S/c1-16-12-17(4-7-22(16)31-8-10-32(11-9-31)35(3,33)34)28-24-26-15-21(25)23(29-24)27-18-13-19-5-6-20(14-18)30(19)2/h4,7,12,15,18-20H,5-6,8-11,13-14H2,1-3H3,(H2,26,27,28,29). The van der Waals surface area contributed by atoms with E-state index in [4.69, 9.17) is 0 Å². The molecule has 0 amide bonds. The Morgan fingerprint density at radius 2 is 1.77 bits per heavy atom. The summed E-state index contributed by atoms with van der Waals surface area (Å²) in [6.07, 6.45) is 6.88. The van der Waals surface area contributed by atoms with E-state index in [9.17, 15) is 12.8 Å². The molecule has 2 atom stereocenters. The zero-order valence-electron chi connectivity index (χ0n) is 20.5. The van der Waals surface area contributed by atoms with E-state index in [-0.39, 0.29) is 11.9 Å². The Kier molecular flexibility index (Phi) is 6.58. The lowest BCUT2D eigenvalue weighted by atomic mass is 9.98. The highest BCUT2D eigenvalue weighted by Gasteiger charge is 2.38. The third-order valence-corrected chi connectivity index (χ3v) is 8.99. The first-order chi connectivity index (χ1) is 16.7. The van der Waals surface area contributed by atoms with Crippen molar-refractivity contribution in [2.75, 3.05) is 55.0 Å². The van der Waals surface area contributed by atoms with Gasteiger partial charge in [-0.25, -0.2) is 17.8 Å². The van der Waals surface area contributed by atoms with Crippen LogP contribution in [0.1, 0.15) is 31.2 Å². The number of fused-ring (bicyclic) bond motifs is 2. The number of hydrogen-bond acceptors (Lipinski definition) is 8. The molecule has 1 aromatic heterocycles. The van der Waals surface area contributed by atoms with Crippen molar-refractivity contribution >= 4 is 33.2 Å². The lowest BCUT2D eigenvalue weighted by Gasteiger charge is -2.36. The van der Waals surface area contributed by atoms with Gasteiger partial charge >= 0.3 is 0 Å². The Bertz CT molecular complexity index is 1170. The van der Waals surface area contributed by atoms with E-state index in [1.165, 1.54) is 29.6 Å². The Hall–Kier alpha value is -2.50. The average molecular weight is 504 g/mol. The molecule has 35 heavy (non-hydrogen) atoms. The monoisotopic (exact) mass is 503 g/mol. The van der Waals surface area contributed by atoms with Crippen LogP contribution in [0.2, 0.25) is 0 Å². The lowest BCUT2D eigenvalue weighted by Crippen LogP contribution is -2.48. The van der Waals surface area contributed by atoms with Crippen molar-refractivity contribution in [2.45, 2.75) is 50.7 Å². The molecule has 190 valence electrons. The highest BCUT2D eigenvalue weighted by atomic mass is 32.2. The molecule has 3 saturated heterocycles. The van der Waals surface area contributed by atoms with Crippen LogP contribution >= 0.6 is 0 Å². The summed E-state index contributed by atoms with van der Waals surface area (Å²) in [6.45, 7) is 4.29. The van der Waals surface area contributed by atoms with Crippen molar-refractivity contribution in [2.24, 2.45) is 0 Å². The number of hydrogen-bond donors (Lipinski definition) is 2. The van der Waals surface area contributed by atoms with Crippen molar-refractivity contribution in [3.8, 4) is 0 Å². The molecule has 2 aromatic rings. The predicted molar refractivity (Wildman–Crippen MR) is 136 cm³/mol. The predicted octanol–water partition coefficient (Wildman–Crippen LogP) is 2.79. The number of anilines is 4. The summed E-state index contributed by atoms with van der Waals surface area (Å²) in [5.74, 6) is 0.147. The molecule has 2 bridgehead atoms. The maximum absolute atomic E-state index is 14.5. The Morgan fingerprint density at radius 3 is 2.40 bits per heavy atom. The Morgan fingerprint density at radius 1 is 1.09 bits per heavy atom. The van der Waals surface area contributed by atoms with Gasteiger partial charge in [0.25, 0.3) is 0 Å². The summed E-state index contributed by atoms with van der Waals surface area (Å²) in [6, 6.07) is 7.30. The van der Waals surface area contributed by atoms with Gasteiger partial charge < -0.3 is 20.4 Å². The van der Waals surface area contributed by atoms with E-state index in [0.29, 0.717) is 44.2 Å². The minimum absolute atomic E-state index is 0.214. The second-order valence-electron chi connectivity index (χ2n) is 10.0. The van der Waals surface area contributed by atoms with Crippen molar-refractivity contribution < 1.29 is 12.8 Å². The number of rotatable bonds is 6. The van der Waals surface area contributed by atoms with Gasteiger partial charge in [-0.3, -0.25) is 0 Å². The van der Waals surface area contributed by atoms with Crippen molar-refractivity contribution in [1.29, 1.82) is 0 Å². The van der Waals surface area contributed by atoms with E-state index in [1.54, 1.807) is 0 Å². The highest BCUT2D eigenvalue weighted by Crippen LogP contribution is 2.35. The first kappa shape index (κ1) is 24.2. The first-order valence-electron chi connectivity index (χ1n) is 12.3. The van der Waals surface area contributed by atoms with Gasteiger partial charge in [0.1, 0.15) is 0 Å². The van der Waals surface area contributed by atoms with E-state index in [2.05, 4.69) is 37.4 Å². The fourth-order valence-corrected chi connectivity index (χ4v) is 6.56. The van der Waals surface area contributed by atoms with Gasteiger partial charge in [-0.05, 0) is 63.4 Å². The van der Waals surface area contributed by atoms with Gasteiger partial charge in [-0.1, -0.05) is 0 Å². The summed E-state index contributed by atoms with van der Waals surface area (Å²) < 4.78 is 39.6. The first-order valence-corrected chi connectivity index (χ1v) is 14.1. The highest BCUT2D eigenvalue weighted by molar-refractivity contribution is 7.88. The molecule has 9 nitrogen and oxygen atoms in total. The number of aryl methyl sites for hydroxylation is 1. The molecule has 3 aliphatic heterocycles. The molecule has 2 unspecified atom stereocenters. The van der Waals surface area contributed by atoms with Gasteiger partial charge in [0.2, 0.25) is 16.0 Å². The minimum Gasteiger partial charge on any atom is -0.369 e. The minimum atomic E-state index is -3.16. The van der Waals surface area contributed by atoms with Crippen LogP contribution in [0.15, 0.2) is 24.4 Å². The van der Waals surface area contributed by atoms with Gasteiger partial charge in [-0.15, -0.1) is 0 Å². The van der Waals surface area contributed by atoms with Crippen LogP contribution in [-0.2, 0) is 10.0 Å². The maximum atomic E-state index is 14.5. The molecule has 1 aromatic carbocycles. The van der Waals surface area contributed by atoms with Gasteiger partial charge in [0.05, 0.1) is 12.5 Å². The number of nitrogens with one attached hydrogen (secondary N) is 2. The number of piperazine rings is 1. The van der Waals surface area contributed by atoms with E-state index < -0.39 is 15.8 Å². The number of piperidine rings is 1. The molecule has 4 heterocycles. The Labute approximate surface area is 206 Å². The molecular formula is C24H34FN7O2S. The smallest absolute Gasteiger partial charge is 0.229 e. The van der Waals surface area contributed by atoms with Crippen LogP contribution in [0, 0.1) is 12.7 Å². The van der Waals surface area contributed by atoms with Crippen LogP contribution in [-0.4, -0.2) is 85.2 Å². The fraction of sp³-hybridized carbons (Fsp3) is 0.583. The van der Waals surface area contributed by atoms with Gasteiger partial charge in [0, 0.05) is 55.7 Å². The van der Waals surface area contributed by atoms with E-state index >= 15 is 0 Å².